The molecule has 2 heterocycles. The highest BCUT2D eigenvalue weighted by Crippen LogP contribution is 2.26. The summed E-state index contributed by atoms with van der Waals surface area (Å²) in [5, 5.41) is 11.1. The average molecular weight is 420 g/mol. The number of nitrogens with one attached hydrogen (secondary N) is 1. The number of carbonyl (C=O) groups excluding carboxylic acids is 4. The molecule has 0 saturated carbocycles. The minimum atomic E-state index is -0.379. The van der Waals surface area contributed by atoms with Crippen molar-refractivity contribution in [2.75, 3.05) is 5.32 Å². The SMILES string of the molecule is O=C(CCC(=O)c1ccccc1)Nc1nnc(CN2C(=O)c3ccccc3C2=O)s1. The van der Waals surface area contributed by atoms with Crippen LogP contribution in [0.3, 0.4) is 0 Å². The number of fused-ring (bicyclic) bond motifs is 1. The first-order valence-electron chi connectivity index (χ1n) is 9.18. The molecule has 8 nitrogen and oxygen atoms in total. The highest BCUT2D eigenvalue weighted by molar-refractivity contribution is 7.15. The van der Waals surface area contributed by atoms with Crippen LogP contribution in [0.4, 0.5) is 5.13 Å². The highest BCUT2D eigenvalue weighted by atomic mass is 32.1. The van der Waals surface area contributed by atoms with E-state index in [1.807, 2.05) is 6.07 Å². The Bertz CT molecular complexity index is 1110. The van der Waals surface area contributed by atoms with Crippen LogP contribution in [0.15, 0.2) is 54.6 Å². The smallest absolute Gasteiger partial charge is 0.261 e. The molecule has 1 aliphatic rings. The Morgan fingerprint density at radius 2 is 1.50 bits per heavy atom. The number of benzene rings is 2. The topological polar surface area (TPSA) is 109 Å². The first-order valence-corrected chi connectivity index (χ1v) is 10.0. The zero-order chi connectivity index (χ0) is 21.1. The summed E-state index contributed by atoms with van der Waals surface area (Å²) in [6, 6.07) is 15.4. The van der Waals surface area contributed by atoms with Gasteiger partial charge in [0.1, 0.15) is 5.01 Å². The van der Waals surface area contributed by atoms with Crippen LogP contribution >= 0.6 is 11.3 Å². The van der Waals surface area contributed by atoms with Crippen molar-refractivity contribution in [3.8, 4) is 0 Å². The zero-order valence-electron chi connectivity index (χ0n) is 15.7. The second-order valence-corrected chi connectivity index (χ2v) is 7.64. The van der Waals surface area contributed by atoms with Gasteiger partial charge in [-0.15, -0.1) is 10.2 Å². The molecule has 3 amide bonds. The largest absolute Gasteiger partial charge is 0.301 e. The predicted molar refractivity (Wildman–Crippen MR) is 109 cm³/mol. The van der Waals surface area contributed by atoms with E-state index in [0.717, 1.165) is 16.2 Å². The number of imide groups is 1. The van der Waals surface area contributed by atoms with E-state index in [9.17, 15) is 19.2 Å². The summed E-state index contributed by atoms with van der Waals surface area (Å²) in [7, 11) is 0. The molecule has 0 saturated heterocycles. The van der Waals surface area contributed by atoms with Crippen LogP contribution < -0.4 is 5.32 Å². The predicted octanol–water partition coefficient (Wildman–Crippen LogP) is 2.94. The van der Waals surface area contributed by atoms with Gasteiger partial charge in [-0.25, -0.2) is 0 Å². The van der Waals surface area contributed by atoms with Crippen molar-refractivity contribution in [2.45, 2.75) is 19.4 Å². The summed E-state index contributed by atoms with van der Waals surface area (Å²) in [4.78, 5) is 50.1. The molecule has 0 spiro atoms. The fraction of sp³-hybridized carbons (Fsp3) is 0.143. The third kappa shape index (κ3) is 4.01. The van der Waals surface area contributed by atoms with Gasteiger partial charge in [-0.05, 0) is 12.1 Å². The summed E-state index contributed by atoms with van der Waals surface area (Å²) >= 11 is 1.08. The van der Waals surface area contributed by atoms with E-state index in [0.29, 0.717) is 21.7 Å². The van der Waals surface area contributed by atoms with Gasteiger partial charge in [-0.1, -0.05) is 53.8 Å². The van der Waals surface area contributed by atoms with E-state index < -0.39 is 0 Å². The molecule has 2 aromatic carbocycles. The highest BCUT2D eigenvalue weighted by Gasteiger charge is 2.35. The summed E-state index contributed by atoms with van der Waals surface area (Å²) in [5.74, 6) is -1.23. The molecule has 0 fully saturated rings. The maximum Gasteiger partial charge on any atom is 0.261 e. The first-order chi connectivity index (χ1) is 14.5. The van der Waals surface area contributed by atoms with Crippen LogP contribution in [-0.4, -0.2) is 38.6 Å². The Morgan fingerprint density at radius 3 is 2.17 bits per heavy atom. The number of carbonyl (C=O) groups is 4. The number of hydrogen-bond donors (Lipinski definition) is 1. The lowest BCUT2D eigenvalue weighted by Crippen LogP contribution is -2.29. The molecule has 30 heavy (non-hydrogen) atoms. The number of ketones is 1. The van der Waals surface area contributed by atoms with Gasteiger partial charge in [0.25, 0.3) is 11.8 Å². The maximum atomic E-state index is 12.4. The van der Waals surface area contributed by atoms with Crippen LogP contribution in [0.1, 0.15) is 48.9 Å². The molecule has 150 valence electrons. The van der Waals surface area contributed by atoms with E-state index >= 15 is 0 Å². The van der Waals surface area contributed by atoms with Crippen molar-refractivity contribution in [1.29, 1.82) is 0 Å². The number of Topliss-reactive ketones (excluding diaryl/α,β-unsaturated/α-hetero) is 1. The van der Waals surface area contributed by atoms with Crippen molar-refractivity contribution < 1.29 is 19.2 Å². The molecule has 0 radical (unpaired) electrons. The average Bonchev–Trinajstić information content (AvgIpc) is 3.31. The monoisotopic (exact) mass is 420 g/mol. The lowest BCUT2D eigenvalue weighted by atomic mass is 10.1. The maximum absolute atomic E-state index is 12.4. The summed E-state index contributed by atoms with van der Waals surface area (Å²) in [5.41, 5.74) is 1.29. The van der Waals surface area contributed by atoms with Gasteiger partial charge in [0.2, 0.25) is 11.0 Å². The fourth-order valence-electron chi connectivity index (χ4n) is 3.06. The third-order valence-corrected chi connectivity index (χ3v) is 5.38. The number of aromatic nitrogens is 2. The van der Waals surface area contributed by atoms with Crippen molar-refractivity contribution in [3.63, 3.8) is 0 Å². The lowest BCUT2D eigenvalue weighted by molar-refractivity contribution is -0.116. The van der Waals surface area contributed by atoms with Gasteiger partial charge in [-0.2, -0.15) is 0 Å². The van der Waals surface area contributed by atoms with Crippen molar-refractivity contribution in [1.82, 2.24) is 15.1 Å². The molecule has 0 unspecified atom stereocenters. The summed E-state index contributed by atoms with van der Waals surface area (Å²) in [6.45, 7) is -0.0215. The molecule has 9 heteroatoms. The molecule has 4 rings (SSSR count). The van der Waals surface area contributed by atoms with Crippen LogP contribution in [0, 0.1) is 0 Å². The Kier molecular flexibility index (Phi) is 5.44. The standard InChI is InChI=1S/C21H16N4O4S/c26-16(13-6-2-1-3-7-13)10-11-17(27)22-21-24-23-18(30-21)12-25-19(28)14-8-4-5-9-15(14)20(25)29/h1-9H,10-12H2,(H,22,24,27). The summed E-state index contributed by atoms with van der Waals surface area (Å²) in [6.07, 6.45) is 0.0948. The molecule has 0 bridgehead atoms. The lowest BCUT2D eigenvalue weighted by Gasteiger charge is -2.10. The zero-order valence-corrected chi connectivity index (χ0v) is 16.5. The number of anilines is 1. The molecule has 0 aliphatic carbocycles. The Balaban J connectivity index is 1.32. The second kappa shape index (κ2) is 8.34. The molecule has 0 atom stereocenters. The van der Waals surface area contributed by atoms with E-state index in [-0.39, 0.29) is 48.0 Å². The molecule has 1 aromatic heterocycles. The molecular formula is C21H16N4O4S. The van der Waals surface area contributed by atoms with Gasteiger partial charge < -0.3 is 5.32 Å². The minimum Gasteiger partial charge on any atom is -0.301 e. The second-order valence-electron chi connectivity index (χ2n) is 6.58. The van der Waals surface area contributed by atoms with E-state index in [4.69, 9.17) is 0 Å². The minimum absolute atomic E-state index is 0.0149. The van der Waals surface area contributed by atoms with Gasteiger partial charge in [0.15, 0.2) is 5.78 Å². The van der Waals surface area contributed by atoms with Gasteiger partial charge in [0, 0.05) is 18.4 Å². The van der Waals surface area contributed by atoms with Crippen molar-refractivity contribution >= 4 is 40.0 Å². The fourth-order valence-corrected chi connectivity index (χ4v) is 3.81. The summed E-state index contributed by atoms with van der Waals surface area (Å²) < 4.78 is 0. The Hall–Kier alpha value is -3.72. The Morgan fingerprint density at radius 1 is 0.867 bits per heavy atom. The van der Waals surface area contributed by atoms with Crippen LogP contribution in [-0.2, 0) is 11.3 Å². The van der Waals surface area contributed by atoms with Crippen LogP contribution in [0.5, 0.6) is 0 Å². The molecule has 1 N–H and O–H groups in total. The van der Waals surface area contributed by atoms with E-state index in [2.05, 4.69) is 15.5 Å². The first kappa shape index (κ1) is 19.6. The normalized spacial score (nSPS) is 12.7. The number of amides is 3. The Labute approximate surface area is 175 Å². The third-order valence-electron chi connectivity index (χ3n) is 4.56. The van der Waals surface area contributed by atoms with Crippen LogP contribution in [0.2, 0.25) is 0 Å². The van der Waals surface area contributed by atoms with Gasteiger partial charge in [-0.3, -0.25) is 24.1 Å². The van der Waals surface area contributed by atoms with E-state index in [1.54, 1.807) is 48.5 Å². The van der Waals surface area contributed by atoms with Crippen molar-refractivity contribution in [3.05, 3.63) is 76.3 Å². The quantitative estimate of drug-likeness (QED) is 0.465. The van der Waals surface area contributed by atoms with E-state index in [1.165, 1.54) is 0 Å². The number of hydrogen-bond acceptors (Lipinski definition) is 7. The molecule has 1 aliphatic heterocycles. The number of nitrogens with zero attached hydrogens (tertiary/aromatic N) is 3. The van der Waals surface area contributed by atoms with Gasteiger partial charge >= 0.3 is 0 Å². The molecular weight excluding hydrogens is 404 g/mol. The van der Waals surface area contributed by atoms with Crippen LogP contribution in [0.25, 0.3) is 0 Å². The van der Waals surface area contributed by atoms with Crippen molar-refractivity contribution in [2.24, 2.45) is 0 Å². The molecule has 3 aromatic rings. The van der Waals surface area contributed by atoms with Gasteiger partial charge in [0.05, 0.1) is 17.7 Å². The number of rotatable bonds is 7.